The van der Waals surface area contributed by atoms with Crippen molar-refractivity contribution in [3.63, 3.8) is 0 Å². The van der Waals surface area contributed by atoms with Crippen molar-refractivity contribution in [3.05, 3.63) is 48.4 Å². The average molecular weight is 456 g/mol. The van der Waals surface area contributed by atoms with Crippen molar-refractivity contribution in [1.82, 2.24) is 14.8 Å². The van der Waals surface area contributed by atoms with Gasteiger partial charge in [-0.05, 0) is 42.5 Å². The van der Waals surface area contributed by atoms with Crippen LogP contribution in [0.25, 0.3) is 0 Å². The lowest BCUT2D eigenvalue weighted by Gasteiger charge is -2.35. The van der Waals surface area contributed by atoms with E-state index in [9.17, 15) is 4.79 Å². The van der Waals surface area contributed by atoms with Crippen LogP contribution in [0.4, 0.5) is 11.6 Å². The molecule has 9 heteroatoms. The Labute approximate surface area is 192 Å². The van der Waals surface area contributed by atoms with Crippen LogP contribution in [0.2, 0.25) is 0 Å². The molecule has 1 N–H and O–H groups in total. The summed E-state index contributed by atoms with van der Waals surface area (Å²) in [5, 5.41) is 12.5. The quantitative estimate of drug-likeness (QED) is 0.511. The second kappa shape index (κ2) is 10.1. The number of hydrogen-bond donors (Lipinski definition) is 1. The van der Waals surface area contributed by atoms with E-state index in [1.54, 1.807) is 19.4 Å². The van der Waals surface area contributed by atoms with E-state index >= 15 is 0 Å². The van der Waals surface area contributed by atoms with E-state index in [-0.39, 0.29) is 11.7 Å². The number of anilines is 2. The maximum absolute atomic E-state index is 12.5. The zero-order valence-electron chi connectivity index (χ0n) is 18.7. The molecule has 2 unspecified atom stereocenters. The summed E-state index contributed by atoms with van der Waals surface area (Å²) in [6.45, 7) is 6.96. The lowest BCUT2D eigenvalue weighted by molar-refractivity contribution is -0.113. The van der Waals surface area contributed by atoms with E-state index in [2.05, 4.69) is 34.3 Å². The van der Waals surface area contributed by atoms with Crippen molar-refractivity contribution >= 4 is 29.3 Å². The zero-order valence-corrected chi connectivity index (χ0v) is 19.5. The van der Waals surface area contributed by atoms with Gasteiger partial charge in [-0.15, -0.1) is 10.2 Å². The molecule has 1 aliphatic rings. The number of methoxy groups -OCH3 is 1. The summed E-state index contributed by atoms with van der Waals surface area (Å²) in [5.41, 5.74) is 0.698. The number of amides is 1. The van der Waals surface area contributed by atoms with Crippen LogP contribution >= 0.6 is 11.8 Å². The first-order valence-electron chi connectivity index (χ1n) is 10.8. The standard InChI is InChI=1S/C23H29N5O3S/c1-16-10-17(2)13-27(12-16)22-25-26-23(28(22)14-20-8-5-9-31-20)32-15-21(29)24-18-6-4-7-19(11-18)30-3/h4-9,11,16-17H,10,12-15H2,1-3H3,(H,24,29). The molecule has 3 heterocycles. The Balaban J connectivity index is 1.48. The highest BCUT2D eigenvalue weighted by Crippen LogP contribution is 2.29. The third kappa shape index (κ3) is 5.45. The molecule has 4 rings (SSSR count). The zero-order chi connectivity index (χ0) is 22.5. The number of carbonyl (C=O) groups excluding carboxylic acids is 1. The maximum Gasteiger partial charge on any atom is 0.234 e. The first-order valence-corrected chi connectivity index (χ1v) is 11.8. The minimum Gasteiger partial charge on any atom is -0.497 e. The van der Waals surface area contributed by atoms with Gasteiger partial charge in [0.25, 0.3) is 0 Å². The fraction of sp³-hybridized carbons (Fsp3) is 0.435. The summed E-state index contributed by atoms with van der Waals surface area (Å²) in [4.78, 5) is 14.8. The lowest BCUT2D eigenvalue weighted by Crippen LogP contribution is -2.40. The van der Waals surface area contributed by atoms with Crippen LogP contribution in [0.1, 0.15) is 26.0 Å². The summed E-state index contributed by atoms with van der Waals surface area (Å²) < 4.78 is 12.8. The fourth-order valence-corrected chi connectivity index (χ4v) is 4.91. The Morgan fingerprint density at radius 3 is 2.75 bits per heavy atom. The molecule has 1 aliphatic heterocycles. The SMILES string of the molecule is COc1cccc(NC(=O)CSc2nnc(N3CC(C)CC(C)C3)n2Cc2ccco2)c1. The van der Waals surface area contributed by atoms with Crippen LogP contribution in [0.3, 0.4) is 0 Å². The molecule has 1 fully saturated rings. The average Bonchev–Trinajstić information content (AvgIpc) is 3.42. The summed E-state index contributed by atoms with van der Waals surface area (Å²) in [6.07, 6.45) is 2.88. The number of rotatable bonds is 8. The van der Waals surface area contributed by atoms with Gasteiger partial charge in [0.05, 0.1) is 25.7 Å². The van der Waals surface area contributed by atoms with Gasteiger partial charge in [-0.25, -0.2) is 0 Å². The Hall–Kier alpha value is -2.94. The number of nitrogens with one attached hydrogen (secondary N) is 1. The monoisotopic (exact) mass is 455 g/mol. The van der Waals surface area contributed by atoms with Gasteiger partial charge in [0, 0.05) is 24.8 Å². The Morgan fingerprint density at radius 2 is 2.03 bits per heavy atom. The molecular formula is C23H29N5O3S. The molecule has 2 aromatic heterocycles. The second-order valence-electron chi connectivity index (χ2n) is 8.37. The number of nitrogens with zero attached hydrogens (tertiary/aromatic N) is 4. The molecule has 170 valence electrons. The summed E-state index contributed by atoms with van der Waals surface area (Å²) in [7, 11) is 1.60. The predicted molar refractivity (Wildman–Crippen MR) is 125 cm³/mol. The molecule has 0 bridgehead atoms. The molecule has 1 saturated heterocycles. The van der Waals surface area contributed by atoms with Crippen LogP contribution in [0.15, 0.2) is 52.2 Å². The molecule has 2 atom stereocenters. The molecule has 1 aromatic carbocycles. The molecule has 32 heavy (non-hydrogen) atoms. The number of furan rings is 1. The van der Waals surface area contributed by atoms with Gasteiger partial charge in [0.1, 0.15) is 11.5 Å². The largest absolute Gasteiger partial charge is 0.497 e. The summed E-state index contributed by atoms with van der Waals surface area (Å²) in [5.74, 6) is 3.65. The van der Waals surface area contributed by atoms with Crippen molar-refractivity contribution < 1.29 is 13.9 Å². The minimum absolute atomic E-state index is 0.113. The van der Waals surface area contributed by atoms with Gasteiger partial charge < -0.3 is 19.4 Å². The molecule has 0 spiro atoms. The van der Waals surface area contributed by atoms with Crippen molar-refractivity contribution in [2.75, 3.05) is 36.2 Å². The van der Waals surface area contributed by atoms with Gasteiger partial charge in [-0.1, -0.05) is 31.7 Å². The van der Waals surface area contributed by atoms with Crippen LogP contribution < -0.4 is 15.0 Å². The molecule has 0 radical (unpaired) electrons. The van der Waals surface area contributed by atoms with Gasteiger partial charge in [-0.3, -0.25) is 9.36 Å². The van der Waals surface area contributed by atoms with Gasteiger partial charge in [-0.2, -0.15) is 0 Å². The van der Waals surface area contributed by atoms with Crippen LogP contribution in [0, 0.1) is 11.8 Å². The number of hydrogen-bond acceptors (Lipinski definition) is 7. The molecule has 3 aromatic rings. The van der Waals surface area contributed by atoms with Crippen LogP contribution in [0.5, 0.6) is 5.75 Å². The predicted octanol–water partition coefficient (Wildman–Crippen LogP) is 4.14. The fourth-order valence-electron chi connectivity index (χ4n) is 4.17. The number of piperidine rings is 1. The third-order valence-electron chi connectivity index (χ3n) is 5.43. The van der Waals surface area contributed by atoms with Crippen LogP contribution in [-0.2, 0) is 11.3 Å². The van der Waals surface area contributed by atoms with Gasteiger partial charge >= 0.3 is 0 Å². The maximum atomic E-state index is 12.5. The normalized spacial score (nSPS) is 18.5. The first-order chi connectivity index (χ1) is 15.5. The molecular weight excluding hydrogens is 426 g/mol. The van der Waals surface area contributed by atoms with Crippen molar-refractivity contribution in [1.29, 1.82) is 0 Å². The molecule has 8 nitrogen and oxygen atoms in total. The number of thioether (sulfide) groups is 1. The van der Waals surface area contributed by atoms with E-state index in [0.29, 0.717) is 35.0 Å². The lowest BCUT2D eigenvalue weighted by atomic mass is 9.92. The van der Waals surface area contributed by atoms with Crippen molar-refractivity contribution in [3.8, 4) is 5.75 Å². The minimum atomic E-state index is -0.113. The van der Waals surface area contributed by atoms with E-state index in [0.717, 1.165) is 24.8 Å². The Bertz CT molecular complexity index is 1030. The highest BCUT2D eigenvalue weighted by molar-refractivity contribution is 7.99. The highest BCUT2D eigenvalue weighted by Gasteiger charge is 2.27. The van der Waals surface area contributed by atoms with Crippen molar-refractivity contribution in [2.45, 2.75) is 32.0 Å². The van der Waals surface area contributed by atoms with Crippen molar-refractivity contribution in [2.24, 2.45) is 11.8 Å². The smallest absolute Gasteiger partial charge is 0.234 e. The molecule has 0 aliphatic carbocycles. The van der Waals surface area contributed by atoms with Gasteiger partial charge in [0.15, 0.2) is 5.16 Å². The summed E-state index contributed by atoms with van der Waals surface area (Å²) >= 11 is 1.37. The molecule has 1 amide bonds. The van der Waals surface area contributed by atoms with E-state index in [1.807, 2.05) is 34.9 Å². The van der Waals surface area contributed by atoms with Crippen LogP contribution in [-0.4, -0.2) is 46.6 Å². The first kappa shape index (κ1) is 22.3. The number of benzene rings is 1. The van der Waals surface area contributed by atoms with E-state index in [1.165, 1.54) is 18.2 Å². The second-order valence-corrected chi connectivity index (χ2v) is 9.31. The highest BCUT2D eigenvalue weighted by atomic mass is 32.2. The third-order valence-corrected chi connectivity index (χ3v) is 6.40. The van der Waals surface area contributed by atoms with Gasteiger partial charge in [0.2, 0.25) is 11.9 Å². The topological polar surface area (TPSA) is 85.4 Å². The van der Waals surface area contributed by atoms with E-state index in [4.69, 9.17) is 9.15 Å². The number of aromatic nitrogens is 3. The molecule has 0 saturated carbocycles. The number of carbonyl (C=O) groups is 1. The number of ether oxygens (including phenoxy) is 1. The summed E-state index contributed by atoms with van der Waals surface area (Å²) in [6, 6.07) is 11.1. The Morgan fingerprint density at radius 1 is 1.22 bits per heavy atom. The Kier molecular flexibility index (Phi) is 7.04. The van der Waals surface area contributed by atoms with E-state index < -0.39 is 0 Å².